The summed E-state index contributed by atoms with van der Waals surface area (Å²) in [5, 5.41) is 5.77. The van der Waals surface area contributed by atoms with Crippen molar-refractivity contribution in [2.45, 2.75) is 0 Å². The normalized spacial score (nSPS) is 10.2. The zero-order chi connectivity index (χ0) is 13.8. The molecule has 98 valence electrons. The maximum absolute atomic E-state index is 5.59. The molecule has 0 aliphatic rings. The topological polar surface area (TPSA) is 21.3 Å². The Labute approximate surface area is 123 Å². The van der Waals surface area contributed by atoms with Gasteiger partial charge in [0.05, 0.1) is 0 Å². The number of thiocarbonyl (C=S) groups is 1. The molecule has 0 atom stereocenters. The molecule has 0 bridgehead atoms. The lowest BCUT2D eigenvalue weighted by Gasteiger charge is -2.11. The average Bonchev–Trinajstić information content (AvgIpc) is 2.48. The van der Waals surface area contributed by atoms with Gasteiger partial charge in [0.1, 0.15) is 5.75 Å². The van der Waals surface area contributed by atoms with Crippen LogP contribution in [0.2, 0.25) is 0 Å². The molecule has 0 aliphatic carbocycles. The highest BCUT2D eigenvalue weighted by Gasteiger charge is 2.04. The molecule has 3 rings (SSSR count). The molecule has 0 heterocycles. The van der Waals surface area contributed by atoms with Crippen molar-refractivity contribution in [2.75, 3.05) is 5.32 Å². The summed E-state index contributed by atoms with van der Waals surface area (Å²) in [4.78, 5) is 0. The van der Waals surface area contributed by atoms with Gasteiger partial charge in [0.2, 0.25) is 0 Å². The van der Waals surface area contributed by atoms with Crippen molar-refractivity contribution in [3.05, 3.63) is 72.8 Å². The van der Waals surface area contributed by atoms with Gasteiger partial charge < -0.3 is 10.1 Å². The summed E-state index contributed by atoms with van der Waals surface area (Å²) in [6.45, 7) is 0. The number of hydrogen-bond acceptors (Lipinski definition) is 2. The highest BCUT2D eigenvalue weighted by Crippen LogP contribution is 2.23. The van der Waals surface area contributed by atoms with Gasteiger partial charge in [-0.1, -0.05) is 54.6 Å². The average molecular weight is 279 g/mol. The fourth-order valence-corrected chi connectivity index (χ4v) is 2.27. The van der Waals surface area contributed by atoms with E-state index in [2.05, 4.69) is 23.5 Å². The molecule has 2 nitrogen and oxygen atoms in total. The number of fused-ring (bicyclic) bond motifs is 1. The van der Waals surface area contributed by atoms with Crippen molar-refractivity contribution in [3.63, 3.8) is 0 Å². The van der Waals surface area contributed by atoms with E-state index in [1.807, 2.05) is 54.6 Å². The van der Waals surface area contributed by atoms with Crippen LogP contribution in [0, 0.1) is 0 Å². The van der Waals surface area contributed by atoms with Crippen LogP contribution in [0.1, 0.15) is 0 Å². The van der Waals surface area contributed by atoms with Crippen LogP contribution in [0.5, 0.6) is 5.75 Å². The Bertz CT molecular complexity index is 735. The van der Waals surface area contributed by atoms with Crippen LogP contribution < -0.4 is 10.1 Å². The molecular formula is C17H13NOS. The third-order valence-corrected chi connectivity index (χ3v) is 3.17. The minimum atomic E-state index is 0.340. The number of nitrogens with one attached hydrogen (secondary N) is 1. The van der Waals surface area contributed by atoms with Crippen molar-refractivity contribution in [3.8, 4) is 5.75 Å². The largest absolute Gasteiger partial charge is 0.432 e. The second-order valence-electron chi connectivity index (χ2n) is 4.35. The molecule has 0 aromatic heterocycles. The molecule has 20 heavy (non-hydrogen) atoms. The van der Waals surface area contributed by atoms with E-state index >= 15 is 0 Å². The van der Waals surface area contributed by atoms with Crippen LogP contribution in [-0.2, 0) is 0 Å². The minimum absolute atomic E-state index is 0.340. The van der Waals surface area contributed by atoms with E-state index in [1.165, 1.54) is 5.39 Å². The Morgan fingerprint density at radius 1 is 0.800 bits per heavy atom. The van der Waals surface area contributed by atoms with Crippen molar-refractivity contribution in [2.24, 2.45) is 0 Å². The van der Waals surface area contributed by atoms with Gasteiger partial charge in [-0.25, -0.2) is 0 Å². The number of hydrogen-bond donors (Lipinski definition) is 1. The first-order valence-corrected chi connectivity index (χ1v) is 6.75. The molecule has 0 amide bonds. The van der Waals surface area contributed by atoms with Gasteiger partial charge in [0, 0.05) is 11.1 Å². The van der Waals surface area contributed by atoms with E-state index in [0.29, 0.717) is 5.17 Å². The van der Waals surface area contributed by atoms with Crippen LogP contribution in [0.25, 0.3) is 10.8 Å². The fraction of sp³-hybridized carbons (Fsp3) is 0. The minimum Gasteiger partial charge on any atom is -0.432 e. The van der Waals surface area contributed by atoms with E-state index in [4.69, 9.17) is 17.0 Å². The van der Waals surface area contributed by atoms with Crippen molar-refractivity contribution < 1.29 is 4.74 Å². The van der Waals surface area contributed by atoms with E-state index in [0.717, 1.165) is 16.8 Å². The Balaban J connectivity index is 1.81. The fourth-order valence-electron chi connectivity index (χ4n) is 2.07. The monoisotopic (exact) mass is 279 g/mol. The molecule has 0 saturated heterocycles. The van der Waals surface area contributed by atoms with Gasteiger partial charge in [-0.3, -0.25) is 0 Å². The van der Waals surface area contributed by atoms with E-state index in [1.54, 1.807) is 0 Å². The maximum Gasteiger partial charge on any atom is 0.266 e. The molecule has 0 saturated carbocycles. The predicted molar refractivity (Wildman–Crippen MR) is 87.2 cm³/mol. The maximum atomic E-state index is 5.59. The zero-order valence-corrected chi connectivity index (χ0v) is 11.6. The number of anilines is 1. The molecule has 3 heteroatoms. The Morgan fingerprint density at radius 3 is 2.35 bits per heavy atom. The van der Waals surface area contributed by atoms with Gasteiger partial charge in [-0.15, -0.1) is 0 Å². The van der Waals surface area contributed by atoms with Gasteiger partial charge in [0.15, 0.2) is 0 Å². The van der Waals surface area contributed by atoms with Crippen LogP contribution in [0.15, 0.2) is 72.8 Å². The first-order valence-electron chi connectivity index (χ1n) is 6.34. The van der Waals surface area contributed by atoms with E-state index in [-0.39, 0.29) is 0 Å². The molecule has 1 N–H and O–H groups in total. The summed E-state index contributed by atoms with van der Waals surface area (Å²) in [5.41, 5.74) is 0.948. The third-order valence-electron chi connectivity index (χ3n) is 2.98. The third kappa shape index (κ3) is 2.78. The van der Waals surface area contributed by atoms with E-state index < -0.39 is 0 Å². The summed E-state index contributed by atoms with van der Waals surface area (Å²) >= 11 is 5.25. The van der Waals surface area contributed by atoms with Crippen LogP contribution >= 0.6 is 12.2 Å². The molecule has 0 unspecified atom stereocenters. The quantitative estimate of drug-likeness (QED) is 0.692. The Morgan fingerprint density at radius 2 is 1.50 bits per heavy atom. The van der Waals surface area contributed by atoms with E-state index in [9.17, 15) is 0 Å². The first kappa shape index (κ1) is 12.6. The molecule has 3 aromatic rings. The molecule has 0 spiro atoms. The van der Waals surface area contributed by atoms with Crippen LogP contribution in [0.4, 0.5) is 5.69 Å². The molecule has 0 radical (unpaired) electrons. The van der Waals surface area contributed by atoms with Crippen LogP contribution in [0.3, 0.4) is 0 Å². The number of benzene rings is 3. The number of rotatable bonds is 2. The first-order chi connectivity index (χ1) is 9.83. The SMILES string of the molecule is S=C(Nc1cccc2ccccc12)Oc1ccccc1. The summed E-state index contributed by atoms with van der Waals surface area (Å²) in [5.74, 6) is 0.727. The zero-order valence-electron chi connectivity index (χ0n) is 10.7. The second kappa shape index (κ2) is 5.72. The highest BCUT2D eigenvalue weighted by atomic mass is 32.1. The molecule has 0 fully saturated rings. The van der Waals surface area contributed by atoms with Crippen molar-refractivity contribution >= 4 is 33.9 Å². The lowest BCUT2D eigenvalue weighted by Crippen LogP contribution is -2.16. The summed E-state index contributed by atoms with van der Waals surface area (Å²) in [6.07, 6.45) is 0. The summed E-state index contributed by atoms with van der Waals surface area (Å²) < 4.78 is 5.59. The van der Waals surface area contributed by atoms with Gasteiger partial charge in [-0.2, -0.15) is 0 Å². The van der Waals surface area contributed by atoms with Crippen LogP contribution in [-0.4, -0.2) is 5.17 Å². The lowest BCUT2D eigenvalue weighted by atomic mass is 10.1. The van der Waals surface area contributed by atoms with Gasteiger partial charge in [0.25, 0.3) is 5.17 Å². The smallest absolute Gasteiger partial charge is 0.266 e. The molecule has 0 aliphatic heterocycles. The van der Waals surface area contributed by atoms with Gasteiger partial charge >= 0.3 is 0 Å². The van der Waals surface area contributed by atoms with Crippen molar-refractivity contribution in [1.29, 1.82) is 0 Å². The predicted octanol–water partition coefficient (Wildman–Crippen LogP) is 4.62. The highest BCUT2D eigenvalue weighted by molar-refractivity contribution is 7.80. The Hall–Kier alpha value is -2.39. The lowest BCUT2D eigenvalue weighted by molar-refractivity contribution is 0.563. The van der Waals surface area contributed by atoms with Crippen molar-refractivity contribution in [1.82, 2.24) is 0 Å². The number of para-hydroxylation sites is 1. The second-order valence-corrected chi connectivity index (χ2v) is 4.73. The molecule has 3 aromatic carbocycles. The Kier molecular flexibility index (Phi) is 3.61. The number of ether oxygens (including phenoxy) is 1. The summed E-state index contributed by atoms with van der Waals surface area (Å²) in [7, 11) is 0. The standard InChI is InChI=1S/C17H13NOS/c20-17(19-14-9-2-1-3-10-14)18-16-12-6-8-13-7-4-5-11-15(13)16/h1-12H,(H,18,20). The van der Waals surface area contributed by atoms with Gasteiger partial charge in [-0.05, 0) is 35.8 Å². The summed E-state index contributed by atoms with van der Waals surface area (Å²) in [6, 6.07) is 23.7. The molecular weight excluding hydrogens is 266 g/mol.